The van der Waals surface area contributed by atoms with E-state index in [-0.39, 0.29) is 18.1 Å². The quantitative estimate of drug-likeness (QED) is 0.757. The summed E-state index contributed by atoms with van der Waals surface area (Å²) in [6.45, 7) is 2.29. The second-order valence-corrected chi connectivity index (χ2v) is 6.71. The predicted molar refractivity (Wildman–Crippen MR) is 94.5 cm³/mol. The van der Waals surface area contributed by atoms with Crippen LogP contribution < -0.4 is 10.2 Å². The van der Waals surface area contributed by atoms with Gasteiger partial charge in [-0.15, -0.1) is 11.3 Å². The van der Waals surface area contributed by atoms with Crippen molar-refractivity contribution in [2.45, 2.75) is 19.4 Å². The van der Waals surface area contributed by atoms with E-state index in [1.807, 2.05) is 23.6 Å². The smallest absolute Gasteiger partial charge is 0.273 e. The largest absolute Gasteiger partial charge is 0.357 e. The minimum atomic E-state index is -0.304. The Morgan fingerprint density at radius 1 is 1.32 bits per heavy atom. The first-order valence-electron chi connectivity index (χ1n) is 8.15. The standard InChI is InChI=1S/C17H17N5O2S/c23-17(12-10-13(24-21-12)14-4-3-9-25-14)19-11-15-18-6-5-16(20-15)22-7-1-2-8-22/h3-6,9-10H,1-2,7-8,11H2,(H,19,23). The molecule has 8 heteroatoms. The van der Waals surface area contributed by atoms with E-state index in [2.05, 4.69) is 25.3 Å². The Morgan fingerprint density at radius 2 is 2.20 bits per heavy atom. The summed E-state index contributed by atoms with van der Waals surface area (Å²) in [4.78, 5) is 24.2. The molecular weight excluding hydrogens is 338 g/mol. The number of thiophene rings is 1. The Balaban J connectivity index is 1.39. The molecule has 0 aliphatic carbocycles. The maximum Gasteiger partial charge on any atom is 0.273 e. The number of carbonyl (C=O) groups excluding carboxylic acids is 1. The normalized spacial score (nSPS) is 14.0. The molecule has 128 valence electrons. The van der Waals surface area contributed by atoms with E-state index in [4.69, 9.17) is 4.52 Å². The highest BCUT2D eigenvalue weighted by atomic mass is 32.1. The fraction of sp³-hybridized carbons (Fsp3) is 0.294. The summed E-state index contributed by atoms with van der Waals surface area (Å²) in [5.41, 5.74) is 0.249. The Labute approximate surface area is 148 Å². The number of hydrogen-bond acceptors (Lipinski definition) is 7. The summed E-state index contributed by atoms with van der Waals surface area (Å²) in [6.07, 6.45) is 4.11. The zero-order chi connectivity index (χ0) is 17.1. The summed E-state index contributed by atoms with van der Waals surface area (Å²) < 4.78 is 5.23. The minimum absolute atomic E-state index is 0.249. The van der Waals surface area contributed by atoms with E-state index in [9.17, 15) is 4.79 Å². The molecule has 1 aliphatic heterocycles. The molecule has 1 amide bonds. The Kier molecular flexibility index (Phi) is 4.43. The molecule has 1 N–H and O–H groups in total. The Bertz CT molecular complexity index is 856. The number of nitrogens with zero attached hydrogens (tertiary/aromatic N) is 4. The summed E-state index contributed by atoms with van der Waals surface area (Å²) in [5.74, 6) is 1.78. The maximum absolute atomic E-state index is 12.2. The molecule has 0 bridgehead atoms. The van der Waals surface area contributed by atoms with E-state index in [0.29, 0.717) is 11.6 Å². The van der Waals surface area contributed by atoms with Crippen LogP contribution in [-0.4, -0.2) is 34.1 Å². The van der Waals surface area contributed by atoms with Crippen molar-refractivity contribution >= 4 is 23.1 Å². The number of anilines is 1. The molecule has 25 heavy (non-hydrogen) atoms. The van der Waals surface area contributed by atoms with Crippen LogP contribution in [0.25, 0.3) is 10.6 Å². The zero-order valence-electron chi connectivity index (χ0n) is 13.5. The number of nitrogens with one attached hydrogen (secondary N) is 1. The Morgan fingerprint density at radius 3 is 3.00 bits per heavy atom. The maximum atomic E-state index is 12.2. The average Bonchev–Trinajstić information content (AvgIpc) is 3.41. The Hall–Kier alpha value is -2.74. The minimum Gasteiger partial charge on any atom is -0.357 e. The van der Waals surface area contributed by atoms with Crippen molar-refractivity contribution in [3.8, 4) is 10.6 Å². The third-order valence-electron chi connectivity index (χ3n) is 4.03. The van der Waals surface area contributed by atoms with Gasteiger partial charge in [0.2, 0.25) is 0 Å². The van der Waals surface area contributed by atoms with Crippen LogP contribution in [-0.2, 0) is 6.54 Å². The SMILES string of the molecule is O=C(NCc1nccc(N2CCCC2)n1)c1cc(-c2cccs2)on1. The molecule has 4 heterocycles. The van der Waals surface area contributed by atoms with Gasteiger partial charge in [-0.2, -0.15) is 0 Å². The van der Waals surface area contributed by atoms with Crippen molar-refractivity contribution < 1.29 is 9.32 Å². The van der Waals surface area contributed by atoms with Gasteiger partial charge in [0.15, 0.2) is 11.5 Å². The first-order valence-corrected chi connectivity index (χ1v) is 9.03. The topological polar surface area (TPSA) is 84.2 Å². The van der Waals surface area contributed by atoms with Crippen LogP contribution in [0.4, 0.5) is 5.82 Å². The van der Waals surface area contributed by atoms with Gasteiger partial charge in [0.25, 0.3) is 5.91 Å². The van der Waals surface area contributed by atoms with Crippen LogP contribution in [0, 0.1) is 0 Å². The van der Waals surface area contributed by atoms with Crippen molar-refractivity contribution in [2.24, 2.45) is 0 Å². The lowest BCUT2D eigenvalue weighted by Crippen LogP contribution is -2.25. The molecule has 0 saturated carbocycles. The van der Waals surface area contributed by atoms with Crippen molar-refractivity contribution in [2.75, 3.05) is 18.0 Å². The van der Waals surface area contributed by atoms with Crippen LogP contribution >= 0.6 is 11.3 Å². The summed E-state index contributed by atoms with van der Waals surface area (Å²) >= 11 is 1.53. The van der Waals surface area contributed by atoms with E-state index in [0.717, 1.165) is 23.8 Å². The van der Waals surface area contributed by atoms with Crippen molar-refractivity contribution in [1.82, 2.24) is 20.4 Å². The summed E-state index contributed by atoms with van der Waals surface area (Å²) in [5, 5.41) is 8.57. The van der Waals surface area contributed by atoms with Gasteiger partial charge in [0.05, 0.1) is 11.4 Å². The van der Waals surface area contributed by atoms with Crippen molar-refractivity contribution in [3.05, 3.63) is 47.4 Å². The molecule has 0 aromatic carbocycles. The summed E-state index contributed by atoms with van der Waals surface area (Å²) in [7, 11) is 0. The van der Waals surface area contributed by atoms with E-state index >= 15 is 0 Å². The lowest BCUT2D eigenvalue weighted by Gasteiger charge is -2.16. The third kappa shape index (κ3) is 3.53. The van der Waals surface area contributed by atoms with Gasteiger partial charge in [-0.25, -0.2) is 9.97 Å². The van der Waals surface area contributed by atoms with Crippen molar-refractivity contribution in [1.29, 1.82) is 0 Å². The fourth-order valence-corrected chi connectivity index (χ4v) is 3.44. The number of amides is 1. The molecule has 0 unspecified atom stereocenters. The first kappa shape index (κ1) is 15.8. The first-order chi connectivity index (χ1) is 12.3. The van der Waals surface area contributed by atoms with E-state index < -0.39 is 0 Å². The molecule has 3 aromatic rings. The number of carbonyl (C=O) groups is 1. The molecule has 0 spiro atoms. The van der Waals surface area contributed by atoms with Gasteiger partial charge < -0.3 is 14.7 Å². The molecule has 0 atom stereocenters. The zero-order valence-corrected chi connectivity index (χ0v) is 14.3. The second-order valence-electron chi connectivity index (χ2n) is 5.76. The van der Waals surface area contributed by atoms with Gasteiger partial charge in [-0.05, 0) is 30.4 Å². The predicted octanol–water partition coefficient (Wildman–Crippen LogP) is 2.72. The van der Waals surface area contributed by atoms with Crippen LogP contribution in [0.1, 0.15) is 29.2 Å². The molecular formula is C17H17N5O2S. The molecule has 1 saturated heterocycles. The van der Waals surface area contributed by atoms with E-state index in [1.54, 1.807) is 12.3 Å². The van der Waals surface area contributed by atoms with Gasteiger partial charge in [0, 0.05) is 25.4 Å². The summed E-state index contributed by atoms with van der Waals surface area (Å²) in [6, 6.07) is 7.39. The molecule has 0 radical (unpaired) electrons. The van der Waals surface area contributed by atoms with Gasteiger partial charge in [0.1, 0.15) is 11.6 Å². The molecule has 3 aromatic heterocycles. The molecule has 1 fully saturated rings. The van der Waals surface area contributed by atoms with Crippen LogP contribution in [0.5, 0.6) is 0 Å². The highest BCUT2D eigenvalue weighted by Gasteiger charge is 2.16. The fourth-order valence-electron chi connectivity index (χ4n) is 2.76. The number of hydrogen-bond donors (Lipinski definition) is 1. The van der Waals surface area contributed by atoms with Gasteiger partial charge >= 0.3 is 0 Å². The van der Waals surface area contributed by atoms with Gasteiger partial charge in [-0.1, -0.05) is 11.2 Å². The van der Waals surface area contributed by atoms with Crippen LogP contribution in [0.15, 0.2) is 40.4 Å². The lowest BCUT2D eigenvalue weighted by atomic mass is 10.3. The van der Waals surface area contributed by atoms with Crippen LogP contribution in [0.3, 0.4) is 0 Å². The average molecular weight is 355 g/mol. The number of aromatic nitrogens is 3. The van der Waals surface area contributed by atoms with Gasteiger partial charge in [-0.3, -0.25) is 4.79 Å². The lowest BCUT2D eigenvalue weighted by molar-refractivity contribution is 0.0941. The monoisotopic (exact) mass is 355 g/mol. The van der Waals surface area contributed by atoms with Crippen molar-refractivity contribution in [3.63, 3.8) is 0 Å². The highest BCUT2D eigenvalue weighted by molar-refractivity contribution is 7.13. The van der Waals surface area contributed by atoms with Crippen LogP contribution in [0.2, 0.25) is 0 Å². The third-order valence-corrected chi connectivity index (χ3v) is 4.92. The van der Waals surface area contributed by atoms with E-state index in [1.165, 1.54) is 24.2 Å². The highest BCUT2D eigenvalue weighted by Crippen LogP contribution is 2.25. The molecule has 1 aliphatic rings. The second kappa shape index (κ2) is 7.02. The molecule has 4 rings (SSSR count). The molecule has 7 nitrogen and oxygen atoms in total. The number of rotatable bonds is 5.